The normalized spacial score (nSPS) is 29.5. The van der Waals surface area contributed by atoms with E-state index in [4.69, 9.17) is 5.73 Å². The second kappa shape index (κ2) is 3.87. The molecule has 1 aliphatic carbocycles. The van der Waals surface area contributed by atoms with Crippen LogP contribution >= 0.6 is 12.4 Å². The molecule has 1 saturated carbocycles. The van der Waals surface area contributed by atoms with Crippen LogP contribution in [0.2, 0.25) is 0 Å². The minimum atomic E-state index is -0.164. The first-order valence-electron chi connectivity index (χ1n) is 4.70. The highest BCUT2D eigenvalue weighted by Gasteiger charge is 2.49. The molecule has 0 saturated heterocycles. The maximum Gasteiger partial charge on any atom is 0.123 e. The van der Waals surface area contributed by atoms with E-state index in [2.05, 4.69) is 6.92 Å². The van der Waals surface area contributed by atoms with Gasteiger partial charge in [-0.3, -0.25) is 0 Å². The van der Waals surface area contributed by atoms with Gasteiger partial charge in [-0.25, -0.2) is 4.39 Å². The summed E-state index contributed by atoms with van der Waals surface area (Å²) in [6, 6.07) is 6.77. The summed E-state index contributed by atoms with van der Waals surface area (Å²) in [6.45, 7) is 2.08. The summed E-state index contributed by atoms with van der Waals surface area (Å²) in [7, 11) is 0. The first-order valence-corrected chi connectivity index (χ1v) is 4.70. The van der Waals surface area contributed by atoms with Gasteiger partial charge >= 0.3 is 0 Å². The van der Waals surface area contributed by atoms with Crippen molar-refractivity contribution in [1.82, 2.24) is 0 Å². The highest BCUT2D eigenvalue weighted by molar-refractivity contribution is 5.85. The van der Waals surface area contributed by atoms with Gasteiger partial charge in [0, 0.05) is 11.5 Å². The Morgan fingerprint density at radius 1 is 1.57 bits per heavy atom. The lowest BCUT2D eigenvalue weighted by atomic mass is 10.1. The molecule has 1 nitrogen and oxygen atoms in total. The molecule has 1 aromatic rings. The molecule has 0 radical (unpaired) electrons. The largest absolute Gasteiger partial charge is 0.325 e. The predicted octanol–water partition coefficient (Wildman–Crippen LogP) is 2.84. The van der Waals surface area contributed by atoms with Crippen molar-refractivity contribution in [3.8, 4) is 0 Å². The summed E-state index contributed by atoms with van der Waals surface area (Å²) in [4.78, 5) is 0. The molecule has 78 valence electrons. The van der Waals surface area contributed by atoms with Crippen molar-refractivity contribution >= 4 is 12.4 Å². The van der Waals surface area contributed by atoms with E-state index in [1.54, 1.807) is 12.1 Å². The molecule has 0 aromatic heterocycles. The van der Waals surface area contributed by atoms with E-state index < -0.39 is 0 Å². The van der Waals surface area contributed by atoms with E-state index in [1.165, 1.54) is 6.07 Å². The minimum Gasteiger partial charge on any atom is -0.325 e. The molecule has 2 N–H and O–H groups in total. The highest BCUT2D eigenvalue weighted by atomic mass is 35.5. The maximum atomic E-state index is 12.9. The maximum absolute atomic E-state index is 12.9. The van der Waals surface area contributed by atoms with Crippen LogP contribution in [0.3, 0.4) is 0 Å². The molecule has 0 spiro atoms. The van der Waals surface area contributed by atoms with E-state index in [-0.39, 0.29) is 23.8 Å². The van der Waals surface area contributed by atoms with E-state index in [1.807, 2.05) is 6.07 Å². The fourth-order valence-electron chi connectivity index (χ4n) is 1.88. The van der Waals surface area contributed by atoms with Crippen LogP contribution in [0.15, 0.2) is 24.3 Å². The van der Waals surface area contributed by atoms with Gasteiger partial charge in [0.25, 0.3) is 0 Å². The predicted molar refractivity (Wildman–Crippen MR) is 58.2 cm³/mol. The lowest BCUT2D eigenvalue weighted by molar-refractivity contribution is 0.612. The molecule has 0 heterocycles. The van der Waals surface area contributed by atoms with Gasteiger partial charge in [-0.2, -0.15) is 0 Å². The summed E-state index contributed by atoms with van der Waals surface area (Å²) >= 11 is 0. The van der Waals surface area contributed by atoms with E-state index >= 15 is 0 Å². The SMILES string of the molecule is CCC1(N)CC1c1cccc(F)c1.Cl. The van der Waals surface area contributed by atoms with E-state index in [9.17, 15) is 4.39 Å². The molecule has 14 heavy (non-hydrogen) atoms. The summed E-state index contributed by atoms with van der Waals surface area (Å²) < 4.78 is 12.9. The zero-order chi connectivity index (χ0) is 9.47. The lowest BCUT2D eigenvalue weighted by Gasteiger charge is -2.07. The first kappa shape index (κ1) is 11.5. The minimum absolute atomic E-state index is 0. The van der Waals surface area contributed by atoms with Crippen molar-refractivity contribution in [3.63, 3.8) is 0 Å². The molecule has 2 rings (SSSR count). The Morgan fingerprint density at radius 2 is 2.29 bits per heavy atom. The molecular weight excluding hydrogens is 201 g/mol. The molecule has 1 fully saturated rings. The average molecular weight is 216 g/mol. The quantitative estimate of drug-likeness (QED) is 0.807. The van der Waals surface area contributed by atoms with Crippen molar-refractivity contribution in [2.45, 2.75) is 31.2 Å². The first-order chi connectivity index (χ1) is 6.15. The summed E-state index contributed by atoms with van der Waals surface area (Å²) in [6.07, 6.45) is 1.96. The standard InChI is InChI=1S/C11H14FN.ClH/c1-2-11(13)7-10(11)8-4-3-5-9(12)6-8;/h3-6,10H,2,7,13H2,1H3;1H. The van der Waals surface area contributed by atoms with Gasteiger partial charge in [0.1, 0.15) is 5.82 Å². The monoisotopic (exact) mass is 215 g/mol. The summed E-state index contributed by atoms with van der Waals surface area (Å²) in [5, 5.41) is 0. The van der Waals surface area contributed by atoms with E-state index in [0.29, 0.717) is 5.92 Å². The van der Waals surface area contributed by atoms with Crippen molar-refractivity contribution in [2.24, 2.45) is 5.73 Å². The van der Waals surface area contributed by atoms with Crippen LogP contribution in [0, 0.1) is 5.82 Å². The number of benzene rings is 1. The van der Waals surface area contributed by atoms with E-state index in [0.717, 1.165) is 18.4 Å². The van der Waals surface area contributed by atoms with Gasteiger partial charge in [0.15, 0.2) is 0 Å². The Labute approximate surface area is 89.9 Å². The fraction of sp³-hybridized carbons (Fsp3) is 0.455. The topological polar surface area (TPSA) is 26.0 Å². The van der Waals surface area contributed by atoms with Crippen molar-refractivity contribution < 1.29 is 4.39 Å². The third-order valence-electron chi connectivity index (χ3n) is 3.03. The van der Waals surface area contributed by atoms with Crippen LogP contribution in [-0.4, -0.2) is 5.54 Å². The second-order valence-electron chi connectivity index (χ2n) is 3.90. The Morgan fingerprint density at radius 3 is 2.79 bits per heavy atom. The van der Waals surface area contributed by atoms with Crippen LogP contribution in [-0.2, 0) is 0 Å². The zero-order valence-corrected chi connectivity index (χ0v) is 8.98. The number of hydrogen-bond donors (Lipinski definition) is 1. The molecule has 0 amide bonds. The Bertz CT molecular complexity index is 329. The summed E-state index contributed by atoms with van der Waals surface area (Å²) in [5.41, 5.74) is 7.03. The number of rotatable bonds is 2. The average Bonchev–Trinajstić information content (AvgIpc) is 2.79. The van der Waals surface area contributed by atoms with Crippen LogP contribution < -0.4 is 5.73 Å². The second-order valence-corrected chi connectivity index (χ2v) is 3.90. The van der Waals surface area contributed by atoms with Crippen LogP contribution in [0.4, 0.5) is 4.39 Å². The number of nitrogens with two attached hydrogens (primary N) is 1. The Hall–Kier alpha value is -0.600. The van der Waals surface area contributed by atoms with Gasteiger partial charge in [0.2, 0.25) is 0 Å². The van der Waals surface area contributed by atoms with Gasteiger partial charge < -0.3 is 5.73 Å². The third-order valence-corrected chi connectivity index (χ3v) is 3.03. The number of halogens is 2. The lowest BCUT2D eigenvalue weighted by Crippen LogP contribution is -2.22. The molecule has 1 aromatic carbocycles. The van der Waals surface area contributed by atoms with Crippen molar-refractivity contribution in [2.75, 3.05) is 0 Å². The van der Waals surface area contributed by atoms with Crippen LogP contribution in [0.1, 0.15) is 31.2 Å². The third kappa shape index (κ3) is 1.91. The van der Waals surface area contributed by atoms with Crippen LogP contribution in [0.25, 0.3) is 0 Å². The molecular formula is C11H15ClFN. The fourth-order valence-corrected chi connectivity index (χ4v) is 1.88. The molecule has 0 bridgehead atoms. The smallest absolute Gasteiger partial charge is 0.123 e. The molecule has 2 unspecified atom stereocenters. The Balaban J connectivity index is 0.000000980. The van der Waals surface area contributed by atoms with Gasteiger partial charge in [0.05, 0.1) is 0 Å². The molecule has 0 aliphatic heterocycles. The van der Waals surface area contributed by atoms with Crippen molar-refractivity contribution in [3.05, 3.63) is 35.6 Å². The van der Waals surface area contributed by atoms with Gasteiger partial charge in [-0.15, -0.1) is 12.4 Å². The zero-order valence-electron chi connectivity index (χ0n) is 8.16. The summed E-state index contributed by atoms with van der Waals surface area (Å²) in [5.74, 6) is 0.205. The highest BCUT2D eigenvalue weighted by Crippen LogP contribution is 2.51. The molecule has 3 heteroatoms. The Kier molecular flexibility index (Phi) is 3.17. The van der Waals surface area contributed by atoms with Gasteiger partial charge in [-0.1, -0.05) is 19.1 Å². The van der Waals surface area contributed by atoms with Gasteiger partial charge in [-0.05, 0) is 30.5 Å². The molecule has 1 aliphatic rings. The van der Waals surface area contributed by atoms with Crippen LogP contribution in [0.5, 0.6) is 0 Å². The van der Waals surface area contributed by atoms with Crippen molar-refractivity contribution in [1.29, 1.82) is 0 Å². The molecule has 2 atom stereocenters. The number of hydrogen-bond acceptors (Lipinski definition) is 1.